The molecule has 1 saturated heterocycles. The first-order valence-electron chi connectivity index (χ1n) is 6.78. The smallest absolute Gasteiger partial charge is 0.226 e. The van der Waals surface area contributed by atoms with Crippen LogP contribution in [0, 0.1) is 11.3 Å². The molecule has 0 radical (unpaired) electrons. The predicted molar refractivity (Wildman–Crippen MR) is 66.6 cm³/mol. The Morgan fingerprint density at radius 3 is 2.76 bits per heavy atom. The van der Waals surface area contributed by atoms with Crippen molar-refractivity contribution in [1.29, 1.82) is 0 Å². The monoisotopic (exact) mass is 240 g/mol. The maximum absolute atomic E-state index is 12.3. The molecular formula is C13H24N2O2. The van der Waals surface area contributed by atoms with Gasteiger partial charge in [-0.1, -0.05) is 13.3 Å². The SMILES string of the molecule is CC1(C(=O)NC2CCCC2CO)CCNCC1. The molecule has 0 bridgehead atoms. The van der Waals surface area contributed by atoms with Crippen LogP contribution in [0.3, 0.4) is 0 Å². The molecule has 1 aliphatic carbocycles. The summed E-state index contributed by atoms with van der Waals surface area (Å²) in [5, 5.41) is 15.7. The van der Waals surface area contributed by atoms with E-state index in [2.05, 4.69) is 17.6 Å². The van der Waals surface area contributed by atoms with E-state index in [1.165, 1.54) is 0 Å². The quantitative estimate of drug-likeness (QED) is 0.679. The van der Waals surface area contributed by atoms with Crippen LogP contribution in [0.25, 0.3) is 0 Å². The molecule has 0 aromatic heterocycles. The molecule has 0 spiro atoms. The number of hydrogen-bond donors (Lipinski definition) is 3. The summed E-state index contributed by atoms with van der Waals surface area (Å²) in [7, 11) is 0. The zero-order chi connectivity index (χ0) is 12.3. The second kappa shape index (κ2) is 5.36. The van der Waals surface area contributed by atoms with Gasteiger partial charge in [-0.05, 0) is 38.8 Å². The van der Waals surface area contributed by atoms with Crippen molar-refractivity contribution in [1.82, 2.24) is 10.6 Å². The van der Waals surface area contributed by atoms with Crippen LogP contribution < -0.4 is 10.6 Å². The predicted octanol–water partition coefficient (Wildman–Crippen LogP) is 0.653. The molecule has 17 heavy (non-hydrogen) atoms. The van der Waals surface area contributed by atoms with Crippen LogP contribution in [0.1, 0.15) is 39.0 Å². The van der Waals surface area contributed by atoms with Crippen molar-refractivity contribution in [3.05, 3.63) is 0 Å². The lowest BCUT2D eigenvalue weighted by molar-refractivity contribution is -0.132. The fourth-order valence-electron chi connectivity index (χ4n) is 2.99. The van der Waals surface area contributed by atoms with Crippen LogP contribution in [-0.2, 0) is 4.79 Å². The lowest BCUT2D eigenvalue weighted by Crippen LogP contribution is -2.49. The molecule has 98 valence electrons. The molecular weight excluding hydrogens is 216 g/mol. The highest BCUT2D eigenvalue weighted by molar-refractivity contribution is 5.82. The van der Waals surface area contributed by atoms with Crippen LogP contribution in [0.15, 0.2) is 0 Å². The fourth-order valence-corrected chi connectivity index (χ4v) is 2.99. The van der Waals surface area contributed by atoms with Crippen LogP contribution >= 0.6 is 0 Å². The molecule has 1 amide bonds. The number of hydrogen-bond acceptors (Lipinski definition) is 3. The van der Waals surface area contributed by atoms with Gasteiger partial charge in [-0.15, -0.1) is 0 Å². The third-order valence-corrected chi connectivity index (χ3v) is 4.47. The summed E-state index contributed by atoms with van der Waals surface area (Å²) in [6, 6.07) is 0.194. The molecule has 1 heterocycles. The van der Waals surface area contributed by atoms with E-state index in [9.17, 15) is 9.90 Å². The molecule has 2 atom stereocenters. The van der Waals surface area contributed by atoms with Crippen molar-refractivity contribution in [2.45, 2.75) is 45.1 Å². The molecule has 0 aromatic rings. The standard InChI is InChI=1S/C13H24N2O2/c1-13(5-7-14-8-6-13)12(17)15-11-4-2-3-10(11)9-16/h10-11,14,16H,2-9H2,1H3,(H,15,17). The van der Waals surface area contributed by atoms with E-state index < -0.39 is 0 Å². The Balaban J connectivity index is 1.91. The van der Waals surface area contributed by atoms with Crippen molar-refractivity contribution in [2.75, 3.05) is 19.7 Å². The Bertz CT molecular complexity index is 275. The van der Waals surface area contributed by atoms with Gasteiger partial charge in [0, 0.05) is 24.0 Å². The number of aliphatic hydroxyl groups is 1. The second-order valence-corrected chi connectivity index (χ2v) is 5.76. The maximum Gasteiger partial charge on any atom is 0.226 e. The third-order valence-electron chi connectivity index (χ3n) is 4.47. The summed E-state index contributed by atoms with van der Waals surface area (Å²) in [6.45, 7) is 4.12. The van der Waals surface area contributed by atoms with Gasteiger partial charge in [0.05, 0.1) is 0 Å². The van der Waals surface area contributed by atoms with Crippen molar-refractivity contribution < 1.29 is 9.90 Å². The molecule has 4 heteroatoms. The average Bonchev–Trinajstić information content (AvgIpc) is 2.77. The first kappa shape index (κ1) is 12.8. The molecule has 2 aliphatic rings. The summed E-state index contributed by atoms with van der Waals surface area (Å²) in [4.78, 5) is 12.3. The molecule has 1 aliphatic heterocycles. The number of nitrogens with one attached hydrogen (secondary N) is 2. The van der Waals surface area contributed by atoms with Gasteiger partial charge in [0.1, 0.15) is 0 Å². The Morgan fingerprint density at radius 1 is 1.41 bits per heavy atom. The van der Waals surface area contributed by atoms with E-state index in [1.54, 1.807) is 0 Å². The Hall–Kier alpha value is -0.610. The molecule has 4 nitrogen and oxygen atoms in total. The molecule has 0 aromatic carbocycles. The maximum atomic E-state index is 12.3. The summed E-state index contributed by atoms with van der Waals surface area (Å²) in [6.07, 6.45) is 5.00. The lowest BCUT2D eigenvalue weighted by Gasteiger charge is -2.34. The molecule has 1 saturated carbocycles. The Kier molecular flexibility index (Phi) is 4.05. The molecule has 2 rings (SSSR count). The van der Waals surface area contributed by atoms with E-state index in [0.29, 0.717) is 0 Å². The summed E-state index contributed by atoms with van der Waals surface area (Å²) in [5.74, 6) is 0.452. The summed E-state index contributed by atoms with van der Waals surface area (Å²) in [5.41, 5.74) is -0.214. The topological polar surface area (TPSA) is 61.4 Å². The van der Waals surface area contributed by atoms with Gasteiger partial charge in [-0.25, -0.2) is 0 Å². The summed E-state index contributed by atoms with van der Waals surface area (Å²) < 4.78 is 0. The van der Waals surface area contributed by atoms with E-state index in [-0.39, 0.29) is 29.9 Å². The van der Waals surface area contributed by atoms with Crippen molar-refractivity contribution in [2.24, 2.45) is 11.3 Å². The van der Waals surface area contributed by atoms with Gasteiger partial charge in [-0.2, -0.15) is 0 Å². The number of aliphatic hydroxyl groups excluding tert-OH is 1. The number of piperidine rings is 1. The van der Waals surface area contributed by atoms with Crippen LogP contribution in [0.4, 0.5) is 0 Å². The third kappa shape index (κ3) is 2.80. The number of carbonyl (C=O) groups excluding carboxylic acids is 1. The van der Waals surface area contributed by atoms with Crippen LogP contribution in [-0.4, -0.2) is 36.8 Å². The average molecular weight is 240 g/mol. The van der Waals surface area contributed by atoms with Gasteiger partial charge in [0.25, 0.3) is 0 Å². The van der Waals surface area contributed by atoms with Crippen LogP contribution in [0.5, 0.6) is 0 Å². The zero-order valence-electron chi connectivity index (χ0n) is 10.7. The molecule has 2 fully saturated rings. The number of amides is 1. The highest BCUT2D eigenvalue weighted by Crippen LogP contribution is 2.31. The van der Waals surface area contributed by atoms with E-state index in [0.717, 1.165) is 45.2 Å². The van der Waals surface area contributed by atoms with Crippen molar-refractivity contribution in [3.63, 3.8) is 0 Å². The summed E-state index contributed by atoms with van der Waals surface area (Å²) >= 11 is 0. The molecule has 3 N–H and O–H groups in total. The van der Waals surface area contributed by atoms with Crippen LogP contribution in [0.2, 0.25) is 0 Å². The Morgan fingerprint density at radius 2 is 2.12 bits per heavy atom. The second-order valence-electron chi connectivity index (χ2n) is 5.76. The van der Waals surface area contributed by atoms with Gasteiger partial charge >= 0.3 is 0 Å². The van der Waals surface area contributed by atoms with E-state index >= 15 is 0 Å². The highest BCUT2D eigenvalue weighted by atomic mass is 16.3. The van der Waals surface area contributed by atoms with Gasteiger partial charge in [0.15, 0.2) is 0 Å². The first-order chi connectivity index (χ1) is 8.15. The Labute approximate surface area is 103 Å². The first-order valence-corrected chi connectivity index (χ1v) is 6.78. The van der Waals surface area contributed by atoms with Gasteiger partial charge < -0.3 is 15.7 Å². The minimum absolute atomic E-state index is 0.185. The normalized spacial score (nSPS) is 32.4. The van der Waals surface area contributed by atoms with Crippen molar-refractivity contribution >= 4 is 5.91 Å². The minimum Gasteiger partial charge on any atom is -0.396 e. The fraction of sp³-hybridized carbons (Fsp3) is 0.923. The minimum atomic E-state index is -0.214. The van der Waals surface area contributed by atoms with Gasteiger partial charge in [-0.3, -0.25) is 4.79 Å². The van der Waals surface area contributed by atoms with Crippen molar-refractivity contribution in [3.8, 4) is 0 Å². The number of rotatable bonds is 3. The largest absolute Gasteiger partial charge is 0.396 e. The highest BCUT2D eigenvalue weighted by Gasteiger charge is 2.37. The molecule has 2 unspecified atom stereocenters. The van der Waals surface area contributed by atoms with E-state index in [4.69, 9.17) is 0 Å². The zero-order valence-corrected chi connectivity index (χ0v) is 10.7. The number of carbonyl (C=O) groups is 1. The van der Waals surface area contributed by atoms with E-state index in [1.807, 2.05) is 0 Å². The lowest BCUT2D eigenvalue weighted by atomic mass is 9.80. The van der Waals surface area contributed by atoms with Gasteiger partial charge in [0.2, 0.25) is 5.91 Å².